The largest absolute Gasteiger partial charge is 0.462 e. The molecule has 1 saturated heterocycles. The van der Waals surface area contributed by atoms with Crippen LogP contribution in [0.2, 0.25) is 0 Å². The van der Waals surface area contributed by atoms with Gasteiger partial charge in [-0.1, -0.05) is 0 Å². The molecular weight excluding hydrogens is 184 g/mol. The van der Waals surface area contributed by atoms with Crippen LogP contribution in [0, 0.1) is 11.8 Å². The molecule has 0 aromatic heterocycles. The second kappa shape index (κ2) is 3.35. The van der Waals surface area contributed by atoms with E-state index in [1.165, 1.54) is 0 Å². The Morgan fingerprint density at radius 2 is 2.14 bits per heavy atom. The van der Waals surface area contributed by atoms with Crippen molar-refractivity contribution in [3.8, 4) is 0 Å². The van der Waals surface area contributed by atoms with Crippen molar-refractivity contribution in [3.63, 3.8) is 0 Å². The molecule has 1 saturated carbocycles. The summed E-state index contributed by atoms with van der Waals surface area (Å²) in [4.78, 5) is 22.9. The maximum absolute atomic E-state index is 11.5. The first-order valence-corrected chi connectivity index (χ1v) is 5.01. The van der Waals surface area contributed by atoms with Gasteiger partial charge in [-0.25, -0.2) is 0 Å². The predicted molar refractivity (Wildman–Crippen MR) is 47.4 cm³/mol. The van der Waals surface area contributed by atoms with Gasteiger partial charge in [-0.3, -0.25) is 9.59 Å². The number of aliphatic hydroxyl groups excluding tert-OH is 1. The van der Waals surface area contributed by atoms with E-state index >= 15 is 0 Å². The van der Waals surface area contributed by atoms with Crippen molar-refractivity contribution in [1.82, 2.24) is 0 Å². The standard InChI is InChI=1S/C10H14O4/c1-5-4-6-7(11)2-3-8(12)9(6)10(13)14-5/h5-7,9,11H,2-4H2,1H3/t5-,6+,7-,9-/m1/s1. The van der Waals surface area contributed by atoms with Gasteiger partial charge in [0.1, 0.15) is 11.7 Å². The number of ketones is 1. The third-order valence-corrected chi connectivity index (χ3v) is 3.13. The molecule has 4 atom stereocenters. The number of carbonyl (C=O) groups is 2. The van der Waals surface area contributed by atoms with Gasteiger partial charge in [-0.15, -0.1) is 0 Å². The summed E-state index contributed by atoms with van der Waals surface area (Å²) in [5, 5.41) is 9.70. The molecule has 78 valence electrons. The van der Waals surface area contributed by atoms with Gasteiger partial charge in [0, 0.05) is 12.3 Å². The minimum atomic E-state index is -0.699. The lowest BCUT2D eigenvalue weighted by Gasteiger charge is -2.38. The van der Waals surface area contributed by atoms with Crippen LogP contribution in [0.25, 0.3) is 0 Å². The fourth-order valence-corrected chi connectivity index (χ4v) is 2.42. The van der Waals surface area contributed by atoms with E-state index in [9.17, 15) is 14.7 Å². The maximum Gasteiger partial charge on any atom is 0.317 e. The van der Waals surface area contributed by atoms with Crippen LogP contribution < -0.4 is 0 Å². The first-order valence-electron chi connectivity index (χ1n) is 5.01. The van der Waals surface area contributed by atoms with Gasteiger partial charge in [0.25, 0.3) is 0 Å². The van der Waals surface area contributed by atoms with E-state index in [2.05, 4.69) is 0 Å². The molecule has 0 radical (unpaired) electrons. The average Bonchev–Trinajstić information content (AvgIpc) is 2.10. The molecule has 1 N–H and O–H groups in total. The third kappa shape index (κ3) is 1.43. The Labute approximate surface area is 82.2 Å². The molecule has 0 amide bonds. The van der Waals surface area contributed by atoms with E-state index in [4.69, 9.17) is 4.74 Å². The SMILES string of the molecule is C[C@@H]1C[C@@H]2[C@H](C(=O)CC[C@H]2O)C(=O)O1. The van der Waals surface area contributed by atoms with E-state index in [1.54, 1.807) is 6.92 Å². The van der Waals surface area contributed by atoms with Crippen LogP contribution in [0.1, 0.15) is 26.2 Å². The zero-order valence-corrected chi connectivity index (χ0v) is 8.10. The number of esters is 1. The Balaban J connectivity index is 2.23. The summed E-state index contributed by atoms with van der Waals surface area (Å²) in [5.41, 5.74) is 0. The number of cyclic esters (lactones) is 1. The van der Waals surface area contributed by atoms with Gasteiger partial charge in [0.05, 0.1) is 12.2 Å². The van der Waals surface area contributed by atoms with E-state index < -0.39 is 18.0 Å². The zero-order chi connectivity index (χ0) is 10.3. The lowest BCUT2D eigenvalue weighted by molar-refractivity contribution is -0.174. The Morgan fingerprint density at radius 3 is 2.86 bits per heavy atom. The summed E-state index contributed by atoms with van der Waals surface area (Å²) < 4.78 is 5.00. The van der Waals surface area contributed by atoms with E-state index in [0.717, 1.165) is 0 Å². The van der Waals surface area contributed by atoms with Gasteiger partial charge < -0.3 is 9.84 Å². The molecule has 0 spiro atoms. The molecule has 1 aliphatic carbocycles. The summed E-state index contributed by atoms with van der Waals surface area (Å²) in [7, 11) is 0. The van der Waals surface area contributed by atoms with Crippen LogP contribution in [0.4, 0.5) is 0 Å². The maximum atomic E-state index is 11.5. The third-order valence-electron chi connectivity index (χ3n) is 3.13. The first kappa shape index (κ1) is 9.65. The minimum Gasteiger partial charge on any atom is -0.462 e. The number of hydrogen-bond donors (Lipinski definition) is 1. The van der Waals surface area contributed by atoms with Crippen molar-refractivity contribution >= 4 is 11.8 Å². The van der Waals surface area contributed by atoms with Crippen LogP contribution in [0.5, 0.6) is 0 Å². The topological polar surface area (TPSA) is 63.6 Å². The zero-order valence-electron chi connectivity index (χ0n) is 8.10. The minimum absolute atomic E-state index is 0.0720. The van der Waals surface area contributed by atoms with E-state index in [-0.39, 0.29) is 17.8 Å². The summed E-state index contributed by atoms with van der Waals surface area (Å²) in [6.07, 6.45) is 0.687. The number of ether oxygens (including phenoxy) is 1. The summed E-state index contributed by atoms with van der Waals surface area (Å²) >= 11 is 0. The second-order valence-corrected chi connectivity index (χ2v) is 4.20. The Morgan fingerprint density at radius 1 is 1.43 bits per heavy atom. The van der Waals surface area contributed by atoms with Crippen molar-refractivity contribution in [2.75, 3.05) is 0 Å². The number of carbonyl (C=O) groups excluding carboxylic acids is 2. The summed E-state index contributed by atoms with van der Waals surface area (Å²) in [6, 6.07) is 0. The number of hydrogen-bond acceptors (Lipinski definition) is 4. The molecule has 0 aromatic rings. The summed E-state index contributed by atoms with van der Waals surface area (Å²) in [6.45, 7) is 1.79. The van der Waals surface area contributed by atoms with Crippen molar-refractivity contribution < 1.29 is 19.4 Å². The lowest BCUT2D eigenvalue weighted by atomic mass is 9.72. The predicted octanol–water partition coefficient (Wildman–Crippen LogP) is 0.278. The van der Waals surface area contributed by atoms with Gasteiger partial charge in [0.2, 0.25) is 0 Å². The van der Waals surface area contributed by atoms with Crippen LogP contribution >= 0.6 is 0 Å². The molecule has 1 heterocycles. The highest BCUT2D eigenvalue weighted by molar-refractivity contribution is 6.00. The van der Waals surface area contributed by atoms with Crippen molar-refractivity contribution in [2.24, 2.45) is 11.8 Å². The second-order valence-electron chi connectivity index (χ2n) is 4.20. The number of fused-ring (bicyclic) bond motifs is 1. The van der Waals surface area contributed by atoms with Crippen LogP contribution in [-0.4, -0.2) is 29.1 Å². The lowest BCUT2D eigenvalue weighted by Crippen LogP contribution is -2.49. The molecule has 4 heteroatoms. The summed E-state index contributed by atoms with van der Waals surface area (Å²) in [5.74, 6) is -1.43. The fraction of sp³-hybridized carbons (Fsp3) is 0.800. The molecule has 2 aliphatic rings. The van der Waals surface area contributed by atoms with Gasteiger partial charge in [-0.05, 0) is 19.8 Å². The van der Waals surface area contributed by atoms with E-state index in [0.29, 0.717) is 19.3 Å². The van der Waals surface area contributed by atoms with Crippen LogP contribution in [0.3, 0.4) is 0 Å². The average molecular weight is 198 g/mol. The van der Waals surface area contributed by atoms with Gasteiger partial charge in [-0.2, -0.15) is 0 Å². The Bertz CT molecular complexity index is 273. The van der Waals surface area contributed by atoms with Crippen molar-refractivity contribution in [2.45, 2.75) is 38.4 Å². The molecule has 1 aliphatic heterocycles. The monoisotopic (exact) mass is 198 g/mol. The van der Waals surface area contributed by atoms with Gasteiger partial charge >= 0.3 is 5.97 Å². The van der Waals surface area contributed by atoms with Gasteiger partial charge in [0.15, 0.2) is 0 Å². The van der Waals surface area contributed by atoms with Crippen LogP contribution in [-0.2, 0) is 14.3 Å². The quantitative estimate of drug-likeness (QED) is 0.448. The Kier molecular flexibility index (Phi) is 2.31. The molecule has 4 nitrogen and oxygen atoms in total. The molecule has 14 heavy (non-hydrogen) atoms. The highest BCUT2D eigenvalue weighted by atomic mass is 16.5. The number of rotatable bonds is 0. The van der Waals surface area contributed by atoms with E-state index in [1.807, 2.05) is 0 Å². The molecule has 2 rings (SSSR count). The highest BCUT2D eigenvalue weighted by Gasteiger charge is 2.47. The molecule has 0 unspecified atom stereocenters. The number of aliphatic hydroxyl groups is 1. The van der Waals surface area contributed by atoms with Crippen LogP contribution in [0.15, 0.2) is 0 Å². The smallest absolute Gasteiger partial charge is 0.317 e. The highest BCUT2D eigenvalue weighted by Crippen LogP contribution is 2.36. The normalized spacial score (nSPS) is 43.0. The van der Waals surface area contributed by atoms with Crippen molar-refractivity contribution in [1.29, 1.82) is 0 Å². The number of Topliss-reactive ketones (excluding diaryl/α,β-unsaturated/α-hetero) is 1. The molecule has 0 aromatic carbocycles. The fourth-order valence-electron chi connectivity index (χ4n) is 2.42. The molecular formula is C10H14O4. The first-order chi connectivity index (χ1) is 6.59. The Hall–Kier alpha value is -0.900. The molecule has 0 bridgehead atoms. The van der Waals surface area contributed by atoms with Crippen molar-refractivity contribution in [3.05, 3.63) is 0 Å². The molecule has 2 fully saturated rings.